The molecule has 59 heavy (non-hydrogen) atoms. The van der Waals surface area contributed by atoms with E-state index in [0.29, 0.717) is 35.7 Å². The number of carboxylic acids is 1. The van der Waals surface area contributed by atoms with Gasteiger partial charge in [-0.3, -0.25) is 24.4 Å². The minimum Gasteiger partial charge on any atom is -0.481 e. The van der Waals surface area contributed by atoms with Gasteiger partial charge in [0.05, 0.1) is 16.8 Å². The van der Waals surface area contributed by atoms with Crippen LogP contribution in [-0.4, -0.2) is 67.0 Å². The van der Waals surface area contributed by atoms with Crippen molar-refractivity contribution in [1.29, 1.82) is 0 Å². The van der Waals surface area contributed by atoms with E-state index in [1.165, 1.54) is 30.4 Å². The predicted octanol–water partition coefficient (Wildman–Crippen LogP) is 9.85. The molecule has 10 heteroatoms. The first-order valence-electron chi connectivity index (χ1n) is 22.0. The van der Waals surface area contributed by atoms with Gasteiger partial charge >= 0.3 is 5.97 Å². The number of aliphatic carboxylic acids is 1. The molecule has 1 saturated heterocycles. The summed E-state index contributed by atoms with van der Waals surface area (Å²) < 4.78 is 18.1. The first kappa shape index (κ1) is 39.8. The van der Waals surface area contributed by atoms with Crippen LogP contribution in [0.4, 0.5) is 10.1 Å². The van der Waals surface area contributed by atoms with Crippen LogP contribution in [-0.2, 0) is 31.4 Å². The number of nitrogens with one attached hydrogen (secondary N) is 1. The Morgan fingerprint density at radius 3 is 2.49 bits per heavy atom. The molecule has 0 spiro atoms. The predicted molar refractivity (Wildman–Crippen MR) is 231 cm³/mol. The fourth-order valence-electron chi connectivity index (χ4n) is 11.0. The van der Waals surface area contributed by atoms with Crippen LogP contribution in [0.5, 0.6) is 0 Å². The second kappa shape index (κ2) is 15.7. The van der Waals surface area contributed by atoms with Gasteiger partial charge in [0.2, 0.25) is 0 Å². The Labute approximate surface area is 348 Å². The molecule has 2 N–H and O–H groups in total. The van der Waals surface area contributed by atoms with Crippen molar-refractivity contribution in [3.05, 3.63) is 99.4 Å². The summed E-state index contributed by atoms with van der Waals surface area (Å²) in [7, 11) is 1.93. The molecule has 0 unspecified atom stereocenters. The number of imidazole rings is 1. The number of fused-ring (bicyclic) bond motifs is 3. The molecule has 9 nitrogen and oxygen atoms in total. The highest BCUT2D eigenvalue weighted by Crippen LogP contribution is 2.63. The lowest BCUT2D eigenvalue weighted by Gasteiger charge is -2.33. The third kappa shape index (κ3) is 7.67. The molecule has 3 saturated carbocycles. The average molecular weight is 799 g/mol. The first-order valence-corrected chi connectivity index (χ1v) is 22.0. The summed E-state index contributed by atoms with van der Waals surface area (Å²) in [4.78, 5) is 40.4. The van der Waals surface area contributed by atoms with E-state index < -0.39 is 11.4 Å². The number of likely N-dealkylation sites (tertiary alicyclic amines) is 1. The average Bonchev–Trinajstić information content (AvgIpc) is 3.80. The van der Waals surface area contributed by atoms with Gasteiger partial charge in [-0.15, -0.1) is 0 Å². The molecule has 4 heterocycles. The van der Waals surface area contributed by atoms with Gasteiger partial charge in [-0.05, 0) is 167 Å². The SMILES string of the molecule is Cc1c(/C=C(\F)c2cc(C3CC3)c(CN3CCCC[C@H]3C)cn2)cccc1-c1cccc(NC(=O)c2nc3c(n2C)CCN(CCC24CCC(C(=O)O)(CC2)C4)C3)c1C. The summed E-state index contributed by atoms with van der Waals surface area (Å²) in [5.74, 6) is -0.307. The molecule has 2 bridgehead atoms. The van der Waals surface area contributed by atoms with Crippen molar-refractivity contribution in [2.45, 2.75) is 123 Å². The lowest BCUT2D eigenvalue weighted by molar-refractivity contribution is -0.148. The number of rotatable bonds is 12. The fraction of sp³-hybridized carbons (Fsp3) is 0.510. The largest absolute Gasteiger partial charge is 0.481 e. The zero-order chi connectivity index (χ0) is 41.1. The van der Waals surface area contributed by atoms with Crippen LogP contribution in [0.3, 0.4) is 0 Å². The highest BCUT2D eigenvalue weighted by atomic mass is 19.1. The summed E-state index contributed by atoms with van der Waals surface area (Å²) in [6, 6.07) is 14.4. The molecule has 2 aromatic heterocycles. The molecular weight excluding hydrogens is 740 g/mol. The zero-order valence-corrected chi connectivity index (χ0v) is 35.2. The van der Waals surface area contributed by atoms with Crippen molar-refractivity contribution >= 4 is 29.5 Å². The van der Waals surface area contributed by atoms with Crippen molar-refractivity contribution in [3.8, 4) is 11.1 Å². The highest BCUT2D eigenvalue weighted by Gasteiger charge is 2.57. The van der Waals surface area contributed by atoms with Gasteiger partial charge in [0, 0.05) is 56.7 Å². The number of carbonyl (C=O) groups excluding carboxylic acids is 1. The van der Waals surface area contributed by atoms with Gasteiger partial charge in [0.25, 0.3) is 5.91 Å². The minimum absolute atomic E-state index is 0.155. The number of aromatic nitrogens is 3. The molecule has 1 amide bonds. The number of carbonyl (C=O) groups is 2. The number of anilines is 1. The summed E-state index contributed by atoms with van der Waals surface area (Å²) in [6.07, 6.45) is 15.9. The lowest BCUT2D eigenvalue weighted by Crippen LogP contribution is -2.37. The maximum Gasteiger partial charge on any atom is 0.309 e. The number of nitrogens with zero attached hydrogens (tertiary/aromatic N) is 5. The second-order valence-electron chi connectivity index (χ2n) is 18.7. The van der Waals surface area contributed by atoms with Gasteiger partial charge in [0.1, 0.15) is 5.83 Å². The molecule has 3 aliphatic carbocycles. The Hall–Kier alpha value is -4.67. The van der Waals surface area contributed by atoms with Crippen molar-refractivity contribution in [3.63, 3.8) is 0 Å². The lowest BCUT2D eigenvalue weighted by atomic mass is 9.80. The van der Waals surface area contributed by atoms with E-state index in [2.05, 4.69) is 39.2 Å². The Balaban J connectivity index is 0.885. The van der Waals surface area contributed by atoms with Crippen LogP contribution >= 0.6 is 0 Å². The van der Waals surface area contributed by atoms with E-state index >= 15 is 4.39 Å². The third-order valence-corrected chi connectivity index (χ3v) is 15.1. The van der Waals surface area contributed by atoms with E-state index in [1.54, 1.807) is 6.08 Å². The standard InChI is InChI=1S/C49H59FN6O3/c1-31-9-5-6-22-56(31)28-36-27-51-42(26-39(36)34-14-15-34)40(50)25-35-10-7-11-37(32(35)2)38-12-8-13-41(33(38)3)53-46(57)45-52-43-29-55(23-16-44(43)54(45)4)24-21-48-17-19-49(30-48,20-18-48)47(58)59/h7-8,10-13,25-27,31,34H,5-6,9,14-24,28-30H2,1-4H3,(H,53,57)(H,58,59)/b40-25-/t31-,48?,49?/m1/s1. The van der Waals surface area contributed by atoms with Crippen LogP contribution < -0.4 is 5.32 Å². The Morgan fingerprint density at radius 2 is 1.76 bits per heavy atom. The normalized spacial score (nSPS) is 24.7. The van der Waals surface area contributed by atoms with E-state index in [-0.39, 0.29) is 17.1 Å². The van der Waals surface area contributed by atoms with Crippen LogP contribution in [0.2, 0.25) is 0 Å². The van der Waals surface area contributed by atoms with Crippen LogP contribution in [0.25, 0.3) is 23.0 Å². The number of amides is 1. The zero-order valence-electron chi connectivity index (χ0n) is 35.2. The van der Waals surface area contributed by atoms with Crippen molar-refractivity contribution in [2.24, 2.45) is 17.9 Å². The van der Waals surface area contributed by atoms with Gasteiger partial charge < -0.3 is 15.0 Å². The highest BCUT2D eigenvalue weighted by molar-refractivity contribution is 6.03. The molecule has 9 rings (SSSR count). The molecule has 2 aromatic carbocycles. The van der Waals surface area contributed by atoms with Gasteiger partial charge in [-0.1, -0.05) is 36.8 Å². The topological polar surface area (TPSA) is 104 Å². The summed E-state index contributed by atoms with van der Waals surface area (Å²) in [5.41, 5.74) is 9.92. The number of hydrogen-bond donors (Lipinski definition) is 2. The van der Waals surface area contributed by atoms with Gasteiger partial charge in [-0.2, -0.15) is 0 Å². The quantitative estimate of drug-likeness (QED) is 0.147. The summed E-state index contributed by atoms with van der Waals surface area (Å²) in [6.45, 7) is 10.9. The molecule has 1 atom stereocenters. The van der Waals surface area contributed by atoms with Crippen molar-refractivity contribution < 1.29 is 19.1 Å². The summed E-state index contributed by atoms with van der Waals surface area (Å²) in [5, 5.41) is 13.0. The Bertz CT molecular complexity index is 2320. The number of benzene rings is 2. The Kier molecular flexibility index (Phi) is 10.6. The Morgan fingerprint density at radius 1 is 1.00 bits per heavy atom. The number of piperidine rings is 1. The van der Waals surface area contributed by atoms with Gasteiger partial charge in [-0.25, -0.2) is 9.37 Å². The van der Waals surface area contributed by atoms with E-state index in [9.17, 15) is 14.7 Å². The van der Waals surface area contributed by atoms with Crippen molar-refractivity contribution in [1.82, 2.24) is 24.3 Å². The molecule has 4 fully saturated rings. The maximum atomic E-state index is 16.1. The smallest absolute Gasteiger partial charge is 0.309 e. The molecule has 0 radical (unpaired) electrons. The molecule has 310 valence electrons. The van der Waals surface area contributed by atoms with Gasteiger partial charge in [0.15, 0.2) is 5.82 Å². The molecule has 2 aliphatic heterocycles. The second-order valence-corrected chi connectivity index (χ2v) is 18.7. The molecule has 4 aromatic rings. The minimum atomic E-state index is -0.611. The number of hydrogen-bond acceptors (Lipinski definition) is 6. The fourth-order valence-corrected chi connectivity index (χ4v) is 11.0. The number of halogens is 1. The monoisotopic (exact) mass is 798 g/mol. The molecular formula is C49H59FN6O3. The maximum absolute atomic E-state index is 16.1. The van der Waals surface area contributed by atoms with E-state index in [0.717, 1.165) is 123 Å². The van der Waals surface area contributed by atoms with Crippen LogP contribution in [0.15, 0.2) is 48.7 Å². The van der Waals surface area contributed by atoms with Crippen LogP contribution in [0.1, 0.15) is 139 Å². The number of pyridine rings is 1. The van der Waals surface area contributed by atoms with E-state index in [1.807, 2.05) is 62.0 Å². The van der Waals surface area contributed by atoms with E-state index in [4.69, 9.17) is 4.98 Å². The molecule has 5 aliphatic rings. The number of carboxylic acid groups (broad SMARTS) is 1. The van der Waals surface area contributed by atoms with Crippen molar-refractivity contribution in [2.75, 3.05) is 25.0 Å². The third-order valence-electron chi connectivity index (χ3n) is 15.1. The summed E-state index contributed by atoms with van der Waals surface area (Å²) >= 11 is 0. The first-order chi connectivity index (χ1) is 28.4. The van der Waals surface area contributed by atoms with Crippen LogP contribution in [0, 0.1) is 24.7 Å².